The minimum Gasteiger partial charge on any atom is -0.495 e. The Hall–Kier alpha value is -2.98. The van der Waals surface area contributed by atoms with E-state index in [1.54, 1.807) is 0 Å². The van der Waals surface area contributed by atoms with Crippen molar-refractivity contribution in [3.8, 4) is 5.75 Å². The first-order chi connectivity index (χ1) is 13.9. The minimum absolute atomic E-state index is 0.0859. The Balaban J connectivity index is 1.74. The minimum atomic E-state index is -3.82. The van der Waals surface area contributed by atoms with Crippen LogP contribution in [0.2, 0.25) is 0 Å². The van der Waals surface area contributed by atoms with Crippen LogP contribution in [0.3, 0.4) is 0 Å². The van der Waals surface area contributed by atoms with Gasteiger partial charge in [-0.1, -0.05) is 6.07 Å². The summed E-state index contributed by atoms with van der Waals surface area (Å²) in [5, 5.41) is 11.0. The van der Waals surface area contributed by atoms with Crippen LogP contribution >= 0.6 is 0 Å². The Labute approximate surface area is 168 Å². The second-order valence-electron chi connectivity index (χ2n) is 6.80. The van der Waals surface area contributed by atoms with Crippen LogP contribution in [-0.4, -0.2) is 46.9 Å². The van der Waals surface area contributed by atoms with E-state index in [4.69, 9.17) is 4.74 Å². The van der Waals surface area contributed by atoms with Crippen molar-refractivity contribution in [2.75, 3.05) is 19.0 Å². The molecule has 0 aliphatic carbocycles. The Bertz CT molecular complexity index is 1170. The SMILES string of the molecule is COc1ccc(S(=O)(=O)N2CCC[C@@H]2c2nnc3ccccn23)cc1NC(C)=O. The van der Waals surface area contributed by atoms with Crippen molar-refractivity contribution in [1.29, 1.82) is 0 Å². The average molecular weight is 415 g/mol. The fraction of sp³-hybridized carbons (Fsp3) is 0.316. The summed E-state index contributed by atoms with van der Waals surface area (Å²) in [7, 11) is -2.36. The van der Waals surface area contributed by atoms with Gasteiger partial charge in [-0.05, 0) is 43.2 Å². The fourth-order valence-corrected chi connectivity index (χ4v) is 5.33. The molecular weight excluding hydrogens is 394 g/mol. The number of carbonyl (C=O) groups excluding carboxylic acids is 1. The number of methoxy groups -OCH3 is 1. The number of nitrogens with one attached hydrogen (secondary N) is 1. The van der Waals surface area contributed by atoms with E-state index in [2.05, 4.69) is 15.5 Å². The van der Waals surface area contributed by atoms with Gasteiger partial charge in [-0.15, -0.1) is 10.2 Å². The third-order valence-electron chi connectivity index (χ3n) is 4.93. The number of aromatic nitrogens is 3. The number of hydrogen-bond acceptors (Lipinski definition) is 6. The lowest BCUT2D eigenvalue weighted by Crippen LogP contribution is -2.31. The van der Waals surface area contributed by atoms with Crippen molar-refractivity contribution in [3.63, 3.8) is 0 Å². The number of benzene rings is 1. The molecule has 1 N–H and O–H groups in total. The average Bonchev–Trinajstić information content (AvgIpc) is 3.34. The van der Waals surface area contributed by atoms with Crippen LogP contribution in [0.25, 0.3) is 5.65 Å². The quantitative estimate of drug-likeness (QED) is 0.685. The van der Waals surface area contributed by atoms with Crippen molar-refractivity contribution in [1.82, 2.24) is 18.9 Å². The van der Waals surface area contributed by atoms with E-state index in [-0.39, 0.29) is 10.8 Å². The highest BCUT2D eigenvalue weighted by molar-refractivity contribution is 7.89. The second-order valence-corrected chi connectivity index (χ2v) is 8.69. The molecule has 1 amide bonds. The Morgan fingerprint density at radius 3 is 2.83 bits per heavy atom. The lowest BCUT2D eigenvalue weighted by molar-refractivity contribution is -0.114. The van der Waals surface area contributed by atoms with Gasteiger partial charge in [0.2, 0.25) is 15.9 Å². The van der Waals surface area contributed by atoms with Gasteiger partial charge in [-0.3, -0.25) is 9.20 Å². The van der Waals surface area contributed by atoms with E-state index in [9.17, 15) is 13.2 Å². The molecule has 1 aromatic carbocycles. The third-order valence-corrected chi connectivity index (χ3v) is 6.83. The number of anilines is 1. The van der Waals surface area contributed by atoms with E-state index in [1.165, 1.54) is 36.5 Å². The molecule has 0 bridgehead atoms. The zero-order valence-electron chi connectivity index (χ0n) is 16.1. The van der Waals surface area contributed by atoms with Crippen molar-refractivity contribution >= 4 is 27.3 Å². The molecule has 3 heterocycles. The summed E-state index contributed by atoms with van der Waals surface area (Å²) in [5.41, 5.74) is 0.980. The normalized spacial score (nSPS) is 17.5. The van der Waals surface area contributed by atoms with Crippen molar-refractivity contribution < 1.29 is 17.9 Å². The maximum Gasteiger partial charge on any atom is 0.243 e. The number of nitrogens with zero attached hydrogens (tertiary/aromatic N) is 4. The third kappa shape index (κ3) is 3.45. The zero-order valence-corrected chi connectivity index (χ0v) is 16.9. The number of ether oxygens (including phenoxy) is 1. The number of carbonyl (C=O) groups is 1. The Morgan fingerprint density at radius 2 is 2.07 bits per heavy atom. The highest BCUT2D eigenvalue weighted by Gasteiger charge is 2.39. The molecule has 0 unspecified atom stereocenters. The number of amides is 1. The van der Waals surface area contributed by atoms with Gasteiger partial charge in [-0.2, -0.15) is 4.31 Å². The molecular formula is C19H21N5O4S. The van der Waals surface area contributed by atoms with E-state index in [0.29, 0.717) is 35.9 Å². The highest BCUT2D eigenvalue weighted by Crippen LogP contribution is 2.37. The summed E-state index contributed by atoms with van der Waals surface area (Å²) in [5.74, 6) is 0.671. The molecule has 3 aromatic rings. The van der Waals surface area contributed by atoms with Gasteiger partial charge >= 0.3 is 0 Å². The molecule has 9 nitrogen and oxygen atoms in total. The number of hydrogen-bond donors (Lipinski definition) is 1. The summed E-state index contributed by atoms with van der Waals surface area (Å²) in [4.78, 5) is 11.6. The smallest absolute Gasteiger partial charge is 0.243 e. The summed E-state index contributed by atoms with van der Waals surface area (Å²) >= 11 is 0. The molecule has 1 saturated heterocycles. The fourth-order valence-electron chi connectivity index (χ4n) is 3.64. The van der Waals surface area contributed by atoms with Crippen molar-refractivity contribution in [3.05, 3.63) is 48.4 Å². The number of fused-ring (bicyclic) bond motifs is 1. The standard InChI is InChI=1S/C19H21N5O4S/c1-13(25)20-15-12-14(8-9-17(15)28-2)29(26,27)24-11-5-6-16(24)19-22-21-18-7-3-4-10-23(18)19/h3-4,7-10,12,16H,5-6,11H2,1-2H3,(H,20,25)/t16-/m1/s1. The lowest BCUT2D eigenvalue weighted by atomic mass is 10.2. The topological polar surface area (TPSA) is 106 Å². The summed E-state index contributed by atoms with van der Waals surface area (Å²) < 4.78 is 35.3. The van der Waals surface area contributed by atoms with E-state index in [0.717, 1.165) is 6.42 Å². The number of sulfonamides is 1. The first-order valence-electron chi connectivity index (χ1n) is 9.19. The highest BCUT2D eigenvalue weighted by atomic mass is 32.2. The van der Waals surface area contributed by atoms with Crippen LogP contribution in [-0.2, 0) is 14.8 Å². The summed E-state index contributed by atoms with van der Waals surface area (Å²) in [6.07, 6.45) is 3.21. The van der Waals surface area contributed by atoms with Gasteiger partial charge < -0.3 is 10.1 Å². The molecule has 1 aliphatic heterocycles. The first-order valence-corrected chi connectivity index (χ1v) is 10.6. The van der Waals surface area contributed by atoms with Crippen LogP contribution in [0.5, 0.6) is 5.75 Å². The van der Waals surface area contributed by atoms with Gasteiger partial charge in [0.05, 0.1) is 23.7 Å². The monoisotopic (exact) mass is 415 g/mol. The molecule has 4 rings (SSSR count). The first kappa shape index (κ1) is 19.3. The van der Waals surface area contributed by atoms with E-state index >= 15 is 0 Å². The maximum absolute atomic E-state index is 13.4. The van der Waals surface area contributed by atoms with Gasteiger partial charge in [0.15, 0.2) is 11.5 Å². The van der Waals surface area contributed by atoms with Crippen LogP contribution in [0.1, 0.15) is 31.6 Å². The second kappa shape index (κ2) is 7.45. The van der Waals surface area contributed by atoms with Crippen LogP contribution in [0.4, 0.5) is 5.69 Å². The zero-order chi connectivity index (χ0) is 20.6. The predicted octanol–water partition coefficient (Wildman–Crippen LogP) is 2.22. The van der Waals surface area contributed by atoms with Crippen molar-refractivity contribution in [2.45, 2.75) is 30.7 Å². The van der Waals surface area contributed by atoms with Gasteiger partial charge in [0, 0.05) is 19.7 Å². The maximum atomic E-state index is 13.4. The molecule has 0 saturated carbocycles. The van der Waals surface area contributed by atoms with Gasteiger partial charge in [0.1, 0.15) is 5.75 Å². The Morgan fingerprint density at radius 1 is 1.24 bits per heavy atom. The molecule has 0 radical (unpaired) electrons. The van der Waals surface area contributed by atoms with Crippen molar-refractivity contribution in [2.24, 2.45) is 0 Å². The molecule has 0 spiro atoms. The lowest BCUT2D eigenvalue weighted by Gasteiger charge is -2.23. The predicted molar refractivity (Wildman–Crippen MR) is 106 cm³/mol. The largest absolute Gasteiger partial charge is 0.495 e. The molecule has 152 valence electrons. The van der Waals surface area contributed by atoms with Crippen LogP contribution < -0.4 is 10.1 Å². The van der Waals surface area contributed by atoms with Crippen LogP contribution in [0, 0.1) is 0 Å². The Kier molecular flexibility index (Phi) is 4.97. The molecule has 1 fully saturated rings. The molecule has 1 aliphatic rings. The molecule has 29 heavy (non-hydrogen) atoms. The van der Waals surface area contributed by atoms with Gasteiger partial charge in [-0.25, -0.2) is 8.42 Å². The van der Waals surface area contributed by atoms with E-state index in [1.807, 2.05) is 28.8 Å². The summed E-state index contributed by atoms with van der Waals surface area (Å²) in [6.45, 7) is 1.74. The molecule has 2 aromatic heterocycles. The molecule has 10 heteroatoms. The number of pyridine rings is 1. The van der Waals surface area contributed by atoms with Gasteiger partial charge in [0.25, 0.3) is 0 Å². The van der Waals surface area contributed by atoms with Crippen LogP contribution in [0.15, 0.2) is 47.5 Å². The van der Waals surface area contributed by atoms with E-state index < -0.39 is 16.1 Å². The summed E-state index contributed by atoms with van der Waals surface area (Å²) in [6, 6.07) is 9.57. The number of rotatable bonds is 5. The molecule has 1 atom stereocenters.